The zero-order chi connectivity index (χ0) is 14.6. The lowest BCUT2D eigenvalue weighted by Gasteiger charge is -2.39. The van der Waals surface area contributed by atoms with Crippen LogP contribution in [0.3, 0.4) is 0 Å². The van der Waals surface area contributed by atoms with Gasteiger partial charge in [-0.15, -0.1) is 0 Å². The average molecular weight is 276 g/mol. The van der Waals surface area contributed by atoms with E-state index in [1.165, 1.54) is 0 Å². The maximum atomic E-state index is 12.9. The second-order valence-corrected chi connectivity index (χ2v) is 5.73. The van der Waals surface area contributed by atoms with Gasteiger partial charge in [-0.25, -0.2) is 0 Å². The first kappa shape index (κ1) is 15.0. The predicted molar refractivity (Wildman–Crippen MR) is 79.5 cm³/mol. The van der Waals surface area contributed by atoms with Gasteiger partial charge in [-0.05, 0) is 38.4 Å². The molecule has 1 saturated heterocycles. The third kappa shape index (κ3) is 3.02. The molecule has 2 rings (SSSR count). The van der Waals surface area contributed by atoms with Crippen LogP contribution in [0.4, 0.5) is 0 Å². The molecule has 0 aromatic heterocycles. The summed E-state index contributed by atoms with van der Waals surface area (Å²) in [5, 5.41) is 12.8. The smallest absolute Gasteiger partial charge is 0.233 e. The van der Waals surface area contributed by atoms with E-state index in [-0.39, 0.29) is 5.91 Å². The maximum Gasteiger partial charge on any atom is 0.233 e. The Bertz CT molecular complexity index is 439. The van der Waals surface area contributed by atoms with Gasteiger partial charge in [-0.1, -0.05) is 30.3 Å². The lowest BCUT2D eigenvalue weighted by atomic mass is 9.72. The molecule has 4 heteroatoms. The number of aliphatic hydroxyl groups excluding tert-OH is 1. The second kappa shape index (κ2) is 6.37. The molecule has 20 heavy (non-hydrogen) atoms. The van der Waals surface area contributed by atoms with Gasteiger partial charge < -0.3 is 15.3 Å². The number of carbonyl (C=O) groups is 1. The number of likely N-dealkylation sites (N-methyl/N-ethyl adjacent to an activating group) is 1. The van der Waals surface area contributed by atoms with Crippen LogP contribution in [-0.2, 0) is 10.2 Å². The van der Waals surface area contributed by atoms with E-state index in [2.05, 4.69) is 5.32 Å². The quantitative estimate of drug-likeness (QED) is 0.867. The SMILES string of the molecule is CC(O)CN(C)C(=O)C1(c2ccccc2)CCNCC1. The van der Waals surface area contributed by atoms with Gasteiger partial charge in [0.25, 0.3) is 0 Å². The molecule has 0 aliphatic carbocycles. The van der Waals surface area contributed by atoms with Crippen molar-refractivity contribution in [2.24, 2.45) is 0 Å². The highest BCUT2D eigenvalue weighted by Gasteiger charge is 2.42. The molecule has 0 radical (unpaired) electrons. The molecule has 4 nitrogen and oxygen atoms in total. The van der Waals surface area contributed by atoms with Crippen molar-refractivity contribution >= 4 is 5.91 Å². The highest BCUT2D eigenvalue weighted by Crippen LogP contribution is 2.35. The zero-order valence-corrected chi connectivity index (χ0v) is 12.3. The van der Waals surface area contributed by atoms with E-state index in [1.807, 2.05) is 30.3 Å². The molecule has 1 aromatic carbocycles. The van der Waals surface area contributed by atoms with Crippen molar-refractivity contribution in [1.82, 2.24) is 10.2 Å². The fourth-order valence-corrected chi connectivity index (χ4v) is 3.08. The molecule has 0 spiro atoms. The summed E-state index contributed by atoms with van der Waals surface area (Å²) in [5.74, 6) is 0.117. The minimum Gasteiger partial charge on any atom is -0.392 e. The minimum absolute atomic E-state index is 0.117. The van der Waals surface area contributed by atoms with Crippen LogP contribution in [0, 0.1) is 0 Å². The molecule has 0 bridgehead atoms. The van der Waals surface area contributed by atoms with Crippen LogP contribution in [0.2, 0.25) is 0 Å². The number of hydrogen-bond donors (Lipinski definition) is 2. The van der Waals surface area contributed by atoms with Gasteiger partial charge in [0.05, 0.1) is 11.5 Å². The summed E-state index contributed by atoms with van der Waals surface area (Å²) in [6, 6.07) is 10.0. The first-order valence-corrected chi connectivity index (χ1v) is 7.26. The van der Waals surface area contributed by atoms with Crippen molar-refractivity contribution in [2.75, 3.05) is 26.7 Å². The van der Waals surface area contributed by atoms with Crippen molar-refractivity contribution in [3.8, 4) is 0 Å². The van der Waals surface area contributed by atoms with E-state index in [9.17, 15) is 9.90 Å². The highest BCUT2D eigenvalue weighted by molar-refractivity contribution is 5.88. The largest absolute Gasteiger partial charge is 0.392 e. The van der Waals surface area contributed by atoms with Gasteiger partial charge in [-0.2, -0.15) is 0 Å². The molecule has 1 atom stereocenters. The van der Waals surface area contributed by atoms with E-state index in [4.69, 9.17) is 0 Å². The summed E-state index contributed by atoms with van der Waals surface area (Å²) in [6.07, 6.45) is 1.11. The van der Waals surface area contributed by atoms with Crippen LogP contribution in [0.25, 0.3) is 0 Å². The summed E-state index contributed by atoms with van der Waals surface area (Å²) < 4.78 is 0. The number of nitrogens with one attached hydrogen (secondary N) is 1. The molecule has 1 aliphatic heterocycles. The Kier molecular flexibility index (Phi) is 4.78. The average Bonchev–Trinajstić information content (AvgIpc) is 2.47. The third-order valence-corrected chi connectivity index (χ3v) is 4.08. The Balaban J connectivity index is 2.30. The summed E-state index contributed by atoms with van der Waals surface area (Å²) >= 11 is 0. The fraction of sp³-hybridized carbons (Fsp3) is 0.562. The van der Waals surface area contributed by atoms with E-state index >= 15 is 0 Å². The Labute approximate surface area is 120 Å². The number of aliphatic hydroxyl groups is 1. The van der Waals surface area contributed by atoms with Gasteiger partial charge in [0.1, 0.15) is 0 Å². The Morgan fingerprint density at radius 1 is 1.35 bits per heavy atom. The number of rotatable bonds is 4. The predicted octanol–water partition coefficient (Wildman–Crippen LogP) is 1.15. The Hall–Kier alpha value is -1.39. The summed E-state index contributed by atoms with van der Waals surface area (Å²) in [5.41, 5.74) is 0.639. The molecule has 0 saturated carbocycles. The second-order valence-electron chi connectivity index (χ2n) is 5.73. The Morgan fingerprint density at radius 3 is 2.50 bits per heavy atom. The molecule has 1 amide bonds. The number of benzene rings is 1. The van der Waals surface area contributed by atoms with Crippen LogP contribution in [0.5, 0.6) is 0 Å². The van der Waals surface area contributed by atoms with Gasteiger partial charge in [0.15, 0.2) is 0 Å². The van der Waals surface area contributed by atoms with Crippen LogP contribution >= 0.6 is 0 Å². The van der Waals surface area contributed by atoms with Crippen LogP contribution in [-0.4, -0.2) is 48.7 Å². The van der Waals surface area contributed by atoms with Gasteiger partial charge >= 0.3 is 0 Å². The molecule has 110 valence electrons. The molecular formula is C16H24N2O2. The van der Waals surface area contributed by atoms with E-state index in [0.717, 1.165) is 31.5 Å². The molecule has 1 aromatic rings. The summed E-state index contributed by atoms with van der Waals surface area (Å²) in [7, 11) is 1.78. The molecular weight excluding hydrogens is 252 g/mol. The molecule has 2 N–H and O–H groups in total. The highest BCUT2D eigenvalue weighted by atomic mass is 16.3. The number of nitrogens with zero attached hydrogens (tertiary/aromatic N) is 1. The van der Waals surface area contributed by atoms with E-state index in [1.54, 1.807) is 18.9 Å². The normalized spacial score (nSPS) is 19.4. The summed E-state index contributed by atoms with van der Waals surface area (Å²) in [4.78, 5) is 14.6. The number of hydrogen-bond acceptors (Lipinski definition) is 3. The molecule has 1 fully saturated rings. The molecule has 1 heterocycles. The van der Waals surface area contributed by atoms with Gasteiger partial charge in [0, 0.05) is 13.6 Å². The minimum atomic E-state index is -0.501. The molecule has 1 aliphatic rings. The van der Waals surface area contributed by atoms with Crippen LogP contribution in [0.15, 0.2) is 30.3 Å². The fourth-order valence-electron chi connectivity index (χ4n) is 3.08. The topological polar surface area (TPSA) is 52.6 Å². The van der Waals surface area contributed by atoms with E-state index < -0.39 is 11.5 Å². The van der Waals surface area contributed by atoms with Gasteiger partial charge in [-0.3, -0.25) is 4.79 Å². The van der Waals surface area contributed by atoms with Gasteiger partial charge in [0.2, 0.25) is 5.91 Å². The third-order valence-electron chi connectivity index (χ3n) is 4.08. The van der Waals surface area contributed by atoms with E-state index in [0.29, 0.717) is 6.54 Å². The number of amides is 1. The van der Waals surface area contributed by atoms with Crippen molar-refractivity contribution < 1.29 is 9.90 Å². The van der Waals surface area contributed by atoms with Crippen molar-refractivity contribution in [3.63, 3.8) is 0 Å². The van der Waals surface area contributed by atoms with Crippen molar-refractivity contribution in [1.29, 1.82) is 0 Å². The monoisotopic (exact) mass is 276 g/mol. The van der Waals surface area contributed by atoms with Crippen molar-refractivity contribution in [3.05, 3.63) is 35.9 Å². The van der Waals surface area contributed by atoms with Crippen LogP contribution in [0.1, 0.15) is 25.3 Å². The Morgan fingerprint density at radius 2 is 1.95 bits per heavy atom. The lowest BCUT2D eigenvalue weighted by molar-refractivity contribution is -0.138. The number of piperidine rings is 1. The first-order chi connectivity index (χ1) is 9.56. The zero-order valence-electron chi connectivity index (χ0n) is 12.3. The standard InChI is InChI=1S/C16H24N2O2/c1-13(19)12-18(2)15(20)16(8-10-17-11-9-16)14-6-4-3-5-7-14/h3-7,13,17,19H,8-12H2,1-2H3. The lowest BCUT2D eigenvalue weighted by Crippen LogP contribution is -2.52. The summed E-state index contributed by atoms with van der Waals surface area (Å²) in [6.45, 7) is 3.79. The van der Waals surface area contributed by atoms with Crippen LogP contribution < -0.4 is 5.32 Å². The number of carbonyl (C=O) groups excluding carboxylic acids is 1. The van der Waals surface area contributed by atoms with Crippen molar-refractivity contribution in [2.45, 2.75) is 31.3 Å². The first-order valence-electron chi connectivity index (χ1n) is 7.26. The maximum absolute atomic E-state index is 12.9. The molecule has 1 unspecified atom stereocenters.